The van der Waals surface area contributed by atoms with Crippen molar-refractivity contribution in [1.82, 2.24) is 15.8 Å². The Balaban J connectivity index is 1.66. The third-order valence-electron chi connectivity index (χ3n) is 6.43. The molecule has 212 valence electrons. The summed E-state index contributed by atoms with van der Waals surface area (Å²) < 4.78 is 124. The van der Waals surface area contributed by atoms with Crippen molar-refractivity contribution in [3.8, 4) is 0 Å². The van der Waals surface area contributed by atoms with Gasteiger partial charge in [0.25, 0.3) is 5.91 Å². The third-order valence-corrected chi connectivity index (χ3v) is 7.19. The van der Waals surface area contributed by atoms with Crippen LogP contribution in [-0.2, 0) is 27.4 Å². The molecule has 2 N–H and O–H groups in total. The van der Waals surface area contributed by atoms with Crippen LogP contribution < -0.4 is 15.7 Å². The second-order valence-corrected chi connectivity index (χ2v) is 9.63. The Morgan fingerprint density at radius 3 is 2.18 bits per heavy atom. The minimum atomic E-state index is -5.44. The van der Waals surface area contributed by atoms with E-state index in [0.717, 1.165) is 4.90 Å². The van der Waals surface area contributed by atoms with E-state index >= 15 is 0 Å². The molecule has 3 heterocycles. The van der Waals surface area contributed by atoms with Gasteiger partial charge in [0.1, 0.15) is 28.9 Å². The van der Waals surface area contributed by atoms with Crippen LogP contribution in [0.5, 0.6) is 0 Å². The number of hydrogen-bond donors (Lipinski definition) is 2. The minimum Gasteiger partial charge on any atom is -0.362 e. The Morgan fingerprint density at radius 2 is 1.72 bits per heavy atom. The Bertz CT molecular complexity index is 1250. The standard InChI is InChI=1S/C22H16ClF9N4O2S/c23-16-12(20(24,25)26)5-11(6-13(16)21(27,28)29)19(22(30,31)32)3-4-36(9-19)15-2-1-10(7-33-15)18(39)34-14-8-38-35-17(14)37/h1-2,5-7,14H,3-4,8-9H2,(H,34,39)(H,35,37). The number of hydrogen-bond acceptors (Lipinski definition) is 5. The Morgan fingerprint density at radius 1 is 1.10 bits per heavy atom. The molecule has 4 rings (SSSR count). The number of hydroxylamine groups is 1. The third kappa shape index (κ3) is 5.59. The van der Waals surface area contributed by atoms with Crippen LogP contribution in [0.4, 0.5) is 45.3 Å². The number of amides is 1. The fourth-order valence-corrected chi connectivity index (χ4v) is 4.93. The van der Waals surface area contributed by atoms with Crippen LogP contribution in [0.25, 0.3) is 0 Å². The van der Waals surface area contributed by atoms with Gasteiger partial charge in [0.15, 0.2) is 0 Å². The van der Waals surface area contributed by atoms with Crippen LogP contribution in [0.1, 0.15) is 28.7 Å². The largest absolute Gasteiger partial charge is 0.417 e. The molecule has 39 heavy (non-hydrogen) atoms. The highest BCUT2D eigenvalue weighted by Crippen LogP contribution is 2.52. The van der Waals surface area contributed by atoms with Crippen molar-refractivity contribution >= 4 is 40.5 Å². The second kappa shape index (κ2) is 9.96. The van der Waals surface area contributed by atoms with Crippen molar-refractivity contribution in [2.45, 2.75) is 36.4 Å². The first-order valence-corrected chi connectivity index (χ1v) is 11.7. The van der Waals surface area contributed by atoms with Gasteiger partial charge in [0, 0.05) is 24.8 Å². The quantitative estimate of drug-likeness (QED) is 0.370. The summed E-state index contributed by atoms with van der Waals surface area (Å²) >= 11 is 10.5. The minimum absolute atomic E-state index is 0.00536. The number of pyridine rings is 1. The first-order chi connectivity index (χ1) is 17.9. The van der Waals surface area contributed by atoms with Crippen molar-refractivity contribution in [3.63, 3.8) is 0 Å². The molecule has 0 aliphatic carbocycles. The monoisotopic (exact) mass is 606 g/mol. The van der Waals surface area contributed by atoms with E-state index in [4.69, 9.17) is 28.7 Å². The number of rotatable bonds is 4. The second-order valence-electron chi connectivity index (χ2n) is 8.84. The molecule has 0 saturated carbocycles. The highest BCUT2D eigenvalue weighted by molar-refractivity contribution is 7.80. The highest BCUT2D eigenvalue weighted by atomic mass is 35.5. The topological polar surface area (TPSA) is 66.5 Å². The van der Waals surface area contributed by atoms with Crippen LogP contribution in [0.15, 0.2) is 30.5 Å². The maximum atomic E-state index is 14.4. The van der Waals surface area contributed by atoms with E-state index in [9.17, 15) is 44.3 Å². The maximum absolute atomic E-state index is 14.4. The Labute approximate surface area is 224 Å². The molecule has 2 aromatic rings. The predicted molar refractivity (Wildman–Crippen MR) is 123 cm³/mol. The number of carbonyl (C=O) groups excluding carboxylic acids is 1. The number of carbonyl (C=O) groups is 1. The molecule has 2 saturated heterocycles. The van der Waals surface area contributed by atoms with E-state index in [2.05, 4.69) is 15.8 Å². The Hall–Kier alpha value is -2.85. The van der Waals surface area contributed by atoms with Crippen molar-refractivity contribution in [1.29, 1.82) is 0 Å². The number of nitrogens with zero attached hydrogens (tertiary/aromatic N) is 2. The summed E-state index contributed by atoms with van der Waals surface area (Å²) in [7, 11) is 0. The van der Waals surface area contributed by atoms with Crippen LogP contribution in [0.2, 0.25) is 5.02 Å². The molecule has 1 amide bonds. The lowest BCUT2D eigenvalue weighted by molar-refractivity contribution is -0.185. The summed E-state index contributed by atoms with van der Waals surface area (Å²) in [6, 6.07) is 1.97. The summed E-state index contributed by atoms with van der Waals surface area (Å²) in [4.78, 5) is 21.6. The Kier molecular flexibility index (Phi) is 7.44. The molecule has 6 nitrogen and oxygen atoms in total. The van der Waals surface area contributed by atoms with Crippen molar-refractivity contribution in [2.24, 2.45) is 0 Å². The average Bonchev–Trinajstić information content (AvgIpc) is 3.45. The number of aromatic nitrogens is 1. The predicted octanol–water partition coefficient (Wildman–Crippen LogP) is 5.18. The molecule has 0 spiro atoms. The normalized spacial score (nSPS) is 22.3. The maximum Gasteiger partial charge on any atom is 0.417 e. The van der Waals surface area contributed by atoms with E-state index in [0.29, 0.717) is 5.56 Å². The van der Waals surface area contributed by atoms with Crippen LogP contribution in [0, 0.1) is 0 Å². The van der Waals surface area contributed by atoms with E-state index in [1.54, 1.807) is 0 Å². The van der Waals surface area contributed by atoms with Gasteiger partial charge < -0.3 is 10.2 Å². The first kappa shape index (κ1) is 29.1. The summed E-state index contributed by atoms with van der Waals surface area (Å²) in [6.45, 7) is -1.38. The van der Waals surface area contributed by atoms with Gasteiger partial charge in [-0.3, -0.25) is 9.63 Å². The average molecular weight is 607 g/mol. The van der Waals surface area contributed by atoms with Crippen LogP contribution in [0.3, 0.4) is 0 Å². The SMILES string of the molecule is O=C1NOCC1NC(=S)c1ccc(N2CCC(c3cc(C(F)(F)F)c(Cl)c(C(F)(F)F)c3)(C(F)(F)F)C2)nc1. The zero-order valence-electron chi connectivity index (χ0n) is 19.2. The number of nitrogens with one attached hydrogen (secondary N) is 2. The zero-order valence-corrected chi connectivity index (χ0v) is 20.8. The smallest absolute Gasteiger partial charge is 0.362 e. The number of anilines is 1. The van der Waals surface area contributed by atoms with Gasteiger partial charge in [0.05, 0.1) is 16.1 Å². The number of alkyl halides is 9. The fraction of sp³-hybridized carbons (Fsp3) is 0.409. The van der Waals surface area contributed by atoms with Gasteiger partial charge in [-0.25, -0.2) is 10.5 Å². The lowest BCUT2D eigenvalue weighted by atomic mass is 9.77. The molecule has 0 bridgehead atoms. The van der Waals surface area contributed by atoms with E-state index in [-0.39, 0.29) is 36.1 Å². The summed E-state index contributed by atoms with van der Waals surface area (Å²) in [5.41, 5.74) is -5.88. The molecule has 2 aliphatic heterocycles. The molecule has 17 heteroatoms. The lowest BCUT2D eigenvalue weighted by Gasteiger charge is -2.33. The summed E-state index contributed by atoms with van der Waals surface area (Å²) in [5, 5.41) is 0.998. The van der Waals surface area contributed by atoms with Gasteiger partial charge in [-0.2, -0.15) is 39.5 Å². The number of benzene rings is 1. The van der Waals surface area contributed by atoms with Crippen LogP contribution in [-0.4, -0.2) is 47.8 Å². The van der Waals surface area contributed by atoms with Crippen LogP contribution >= 0.6 is 23.8 Å². The zero-order chi connectivity index (χ0) is 29.0. The van der Waals surface area contributed by atoms with Crippen molar-refractivity contribution in [2.75, 3.05) is 24.6 Å². The van der Waals surface area contributed by atoms with Gasteiger partial charge in [-0.15, -0.1) is 0 Å². The molecule has 2 atom stereocenters. The molecular weight excluding hydrogens is 591 g/mol. The van der Waals surface area contributed by atoms with Gasteiger partial charge >= 0.3 is 18.5 Å². The molecule has 2 aliphatic rings. The van der Waals surface area contributed by atoms with E-state index in [1.165, 1.54) is 18.3 Å². The summed E-state index contributed by atoms with van der Waals surface area (Å²) in [5.74, 6) is -0.484. The van der Waals surface area contributed by atoms with Gasteiger partial charge in [0.2, 0.25) is 0 Å². The van der Waals surface area contributed by atoms with Crippen molar-refractivity contribution in [3.05, 3.63) is 57.7 Å². The van der Waals surface area contributed by atoms with E-state index in [1.807, 2.05) is 0 Å². The first-order valence-electron chi connectivity index (χ1n) is 10.9. The number of thiocarbonyl (C=S) groups is 1. The molecule has 2 fully saturated rings. The molecular formula is C22H16ClF9N4O2S. The van der Waals surface area contributed by atoms with Gasteiger partial charge in [-0.1, -0.05) is 23.8 Å². The van der Waals surface area contributed by atoms with E-state index < -0.39 is 70.6 Å². The fourth-order valence-electron chi connectivity index (χ4n) is 4.35. The molecule has 0 radical (unpaired) electrons. The molecule has 1 aromatic heterocycles. The summed E-state index contributed by atoms with van der Waals surface area (Å²) in [6.07, 6.45) is -15.7. The number of halogens is 10. The molecule has 1 aromatic carbocycles. The van der Waals surface area contributed by atoms with Crippen molar-refractivity contribution < 1.29 is 49.1 Å². The molecule has 2 unspecified atom stereocenters. The van der Waals surface area contributed by atoms with Gasteiger partial charge in [-0.05, 0) is 36.2 Å². The highest BCUT2D eigenvalue weighted by Gasteiger charge is 2.60. The lowest BCUT2D eigenvalue weighted by Crippen LogP contribution is -2.45.